The number of aromatic nitrogens is 2. The van der Waals surface area contributed by atoms with E-state index in [9.17, 15) is 13.6 Å². The summed E-state index contributed by atoms with van der Waals surface area (Å²) in [5.41, 5.74) is 2.12. The van der Waals surface area contributed by atoms with Crippen molar-refractivity contribution in [1.29, 1.82) is 0 Å². The van der Waals surface area contributed by atoms with Crippen LogP contribution in [0.4, 0.5) is 14.5 Å². The van der Waals surface area contributed by atoms with E-state index in [1.54, 1.807) is 18.2 Å². The maximum atomic E-state index is 14.0. The lowest BCUT2D eigenvalue weighted by Crippen LogP contribution is -2.15. The van der Waals surface area contributed by atoms with Crippen molar-refractivity contribution in [2.45, 2.75) is 19.8 Å². The number of amides is 1. The third-order valence-electron chi connectivity index (χ3n) is 4.40. The average molecular weight is 385 g/mol. The number of H-pyrrole nitrogens is 1. The molecule has 0 aliphatic carbocycles. The van der Waals surface area contributed by atoms with Crippen molar-refractivity contribution in [2.24, 2.45) is 0 Å². The van der Waals surface area contributed by atoms with Crippen LogP contribution in [0.15, 0.2) is 36.4 Å². The zero-order chi connectivity index (χ0) is 19.7. The Kier molecular flexibility index (Phi) is 4.68. The molecule has 0 atom stereocenters. The zero-order valence-corrected chi connectivity index (χ0v) is 15.0. The highest BCUT2D eigenvalue weighted by Crippen LogP contribution is 2.38. The largest absolute Gasteiger partial charge is 0.454 e. The number of aromatic amines is 1. The Bertz CT molecular complexity index is 1050. The molecule has 0 spiro atoms. The van der Waals surface area contributed by atoms with Crippen molar-refractivity contribution in [3.63, 3.8) is 0 Å². The van der Waals surface area contributed by atoms with Gasteiger partial charge >= 0.3 is 0 Å². The number of anilines is 1. The van der Waals surface area contributed by atoms with Gasteiger partial charge in [0.15, 0.2) is 11.5 Å². The van der Waals surface area contributed by atoms with E-state index in [2.05, 4.69) is 15.5 Å². The summed E-state index contributed by atoms with van der Waals surface area (Å²) >= 11 is 0. The number of fused-ring (bicyclic) bond motifs is 1. The van der Waals surface area contributed by atoms with Crippen LogP contribution in [0.3, 0.4) is 0 Å². The van der Waals surface area contributed by atoms with Gasteiger partial charge in [-0.2, -0.15) is 5.10 Å². The minimum Gasteiger partial charge on any atom is -0.454 e. The third kappa shape index (κ3) is 3.28. The second kappa shape index (κ2) is 7.30. The zero-order valence-electron chi connectivity index (χ0n) is 15.0. The number of rotatable bonds is 5. The molecule has 6 nitrogen and oxygen atoms in total. The second-order valence-corrected chi connectivity index (χ2v) is 6.32. The van der Waals surface area contributed by atoms with Gasteiger partial charge in [0.25, 0.3) is 5.91 Å². The Hall–Kier alpha value is -3.42. The standard InChI is InChI=1S/C20H17F2N3O3/c1-2-3-15-19(23-20(26)13-6-5-12(21)9-14(13)22)18(25-24-15)11-4-7-16-17(8-11)28-10-27-16/h4-9H,2-3,10H2,1H3,(H,23,26)(H,24,25). The molecule has 1 aromatic heterocycles. The number of hydrogen-bond acceptors (Lipinski definition) is 4. The van der Waals surface area contributed by atoms with Gasteiger partial charge in [-0.15, -0.1) is 0 Å². The summed E-state index contributed by atoms with van der Waals surface area (Å²) in [6, 6.07) is 8.15. The van der Waals surface area contributed by atoms with E-state index < -0.39 is 17.5 Å². The molecule has 0 saturated carbocycles. The van der Waals surface area contributed by atoms with E-state index in [1.807, 2.05) is 6.92 Å². The minimum absolute atomic E-state index is 0.147. The van der Waals surface area contributed by atoms with Gasteiger partial charge in [-0.25, -0.2) is 8.78 Å². The number of hydrogen-bond donors (Lipinski definition) is 2. The van der Waals surface area contributed by atoms with Crippen LogP contribution < -0.4 is 14.8 Å². The molecule has 4 rings (SSSR count). The monoisotopic (exact) mass is 385 g/mol. The second-order valence-electron chi connectivity index (χ2n) is 6.32. The normalized spacial score (nSPS) is 12.2. The van der Waals surface area contributed by atoms with E-state index >= 15 is 0 Å². The number of carbonyl (C=O) groups is 1. The summed E-state index contributed by atoms with van der Waals surface area (Å²) in [6.07, 6.45) is 1.45. The first kappa shape index (κ1) is 18.0. The van der Waals surface area contributed by atoms with E-state index in [-0.39, 0.29) is 12.4 Å². The number of carbonyl (C=O) groups excluding carboxylic acids is 1. The van der Waals surface area contributed by atoms with E-state index in [0.717, 1.165) is 18.6 Å². The van der Waals surface area contributed by atoms with Gasteiger partial charge in [-0.1, -0.05) is 13.3 Å². The van der Waals surface area contributed by atoms with Gasteiger partial charge in [0.2, 0.25) is 6.79 Å². The number of halogens is 2. The van der Waals surface area contributed by atoms with Crippen LogP contribution >= 0.6 is 0 Å². The lowest BCUT2D eigenvalue weighted by Gasteiger charge is -2.09. The van der Waals surface area contributed by atoms with Crippen molar-refractivity contribution in [2.75, 3.05) is 12.1 Å². The van der Waals surface area contributed by atoms with Crippen LogP contribution in [0.2, 0.25) is 0 Å². The molecule has 2 aromatic carbocycles. The van der Waals surface area contributed by atoms with Gasteiger partial charge in [0.05, 0.1) is 16.9 Å². The summed E-state index contributed by atoms with van der Waals surface area (Å²) in [6.45, 7) is 2.14. The minimum atomic E-state index is -0.928. The Labute approximate surface area is 159 Å². The van der Waals surface area contributed by atoms with E-state index in [0.29, 0.717) is 46.6 Å². The highest BCUT2D eigenvalue weighted by atomic mass is 19.1. The molecule has 0 saturated heterocycles. The van der Waals surface area contributed by atoms with Crippen molar-refractivity contribution >= 4 is 11.6 Å². The van der Waals surface area contributed by atoms with Crippen molar-refractivity contribution < 1.29 is 23.0 Å². The maximum Gasteiger partial charge on any atom is 0.258 e. The molecule has 144 valence electrons. The lowest BCUT2D eigenvalue weighted by atomic mass is 10.1. The Morgan fingerprint density at radius 2 is 2.00 bits per heavy atom. The molecule has 1 aliphatic heterocycles. The molecule has 0 bridgehead atoms. The van der Waals surface area contributed by atoms with Crippen LogP contribution in [-0.2, 0) is 6.42 Å². The first-order valence-electron chi connectivity index (χ1n) is 8.80. The summed E-state index contributed by atoms with van der Waals surface area (Å²) in [5, 5.41) is 9.97. The third-order valence-corrected chi connectivity index (χ3v) is 4.40. The van der Waals surface area contributed by atoms with Crippen LogP contribution in [-0.4, -0.2) is 22.9 Å². The average Bonchev–Trinajstić information content (AvgIpc) is 3.28. The predicted molar refractivity (Wildman–Crippen MR) is 98.5 cm³/mol. The first-order chi connectivity index (χ1) is 13.6. The number of ether oxygens (including phenoxy) is 2. The smallest absolute Gasteiger partial charge is 0.258 e. The van der Waals surface area contributed by atoms with Gasteiger partial charge in [0.1, 0.15) is 17.3 Å². The number of benzene rings is 2. The molecule has 0 unspecified atom stereocenters. The van der Waals surface area contributed by atoms with Crippen LogP contribution in [0.5, 0.6) is 11.5 Å². The summed E-state index contributed by atoms with van der Waals surface area (Å²) in [5.74, 6) is -1.14. The molecule has 8 heteroatoms. The maximum absolute atomic E-state index is 14.0. The highest BCUT2D eigenvalue weighted by Gasteiger charge is 2.22. The van der Waals surface area contributed by atoms with Gasteiger partial charge < -0.3 is 14.8 Å². The molecule has 0 radical (unpaired) electrons. The fourth-order valence-corrected chi connectivity index (χ4v) is 3.05. The SMILES string of the molecule is CCCc1[nH]nc(-c2ccc3c(c2)OCO3)c1NC(=O)c1ccc(F)cc1F. The first-order valence-corrected chi connectivity index (χ1v) is 8.80. The van der Waals surface area contributed by atoms with Crippen LogP contribution in [0.1, 0.15) is 29.4 Å². The molecule has 3 aromatic rings. The molecule has 2 heterocycles. The predicted octanol–water partition coefficient (Wildman–Crippen LogP) is 4.29. The number of nitrogens with zero attached hydrogens (tertiary/aromatic N) is 1. The fourth-order valence-electron chi connectivity index (χ4n) is 3.05. The molecular formula is C20H17F2N3O3. The Morgan fingerprint density at radius 1 is 1.18 bits per heavy atom. The van der Waals surface area contributed by atoms with Crippen LogP contribution in [0.25, 0.3) is 11.3 Å². The lowest BCUT2D eigenvalue weighted by molar-refractivity contribution is 0.102. The summed E-state index contributed by atoms with van der Waals surface area (Å²) in [4.78, 5) is 12.6. The number of nitrogens with one attached hydrogen (secondary N) is 2. The number of aryl methyl sites for hydroxylation is 1. The Balaban J connectivity index is 1.71. The molecular weight excluding hydrogens is 368 g/mol. The fraction of sp³-hybridized carbons (Fsp3) is 0.200. The van der Waals surface area contributed by atoms with Crippen molar-refractivity contribution in [3.8, 4) is 22.8 Å². The van der Waals surface area contributed by atoms with E-state index in [1.165, 1.54) is 0 Å². The van der Waals surface area contributed by atoms with Crippen molar-refractivity contribution in [3.05, 3.63) is 59.3 Å². The van der Waals surface area contributed by atoms with Crippen molar-refractivity contribution in [1.82, 2.24) is 10.2 Å². The highest BCUT2D eigenvalue weighted by molar-refractivity contribution is 6.06. The molecule has 1 amide bonds. The topological polar surface area (TPSA) is 76.2 Å². The quantitative estimate of drug-likeness (QED) is 0.687. The molecule has 2 N–H and O–H groups in total. The van der Waals surface area contributed by atoms with Gasteiger partial charge in [-0.05, 0) is 36.8 Å². The van der Waals surface area contributed by atoms with E-state index in [4.69, 9.17) is 9.47 Å². The molecule has 0 fully saturated rings. The molecule has 1 aliphatic rings. The van der Waals surface area contributed by atoms with Gasteiger partial charge in [0, 0.05) is 11.6 Å². The Morgan fingerprint density at radius 3 is 2.79 bits per heavy atom. The summed E-state index contributed by atoms with van der Waals surface area (Å²) in [7, 11) is 0. The molecule has 28 heavy (non-hydrogen) atoms. The van der Waals surface area contributed by atoms with Gasteiger partial charge in [-0.3, -0.25) is 9.89 Å². The summed E-state index contributed by atoms with van der Waals surface area (Å²) < 4.78 is 37.9. The van der Waals surface area contributed by atoms with Crippen LogP contribution in [0, 0.1) is 11.6 Å².